The molecule has 0 aliphatic rings. The fourth-order valence-corrected chi connectivity index (χ4v) is 3.21. The van der Waals surface area contributed by atoms with E-state index in [0.717, 1.165) is 10.7 Å². The van der Waals surface area contributed by atoms with E-state index in [1.54, 1.807) is 0 Å². The number of phenolic OH excluding ortho intramolecular Hbond substituents is 1. The number of non-ortho nitro benzene ring substituents is 1. The van der Waals surface area contributed by atoms with Crippen molar-refractivity contribution in [1.82, 2.24) is 5.32 Å². The van der Waals surface area contributed by atoms with Crippen molar-refractivity contribution >= 4 is 34.4 Å². The second kappa shape index (κ2) is 10.7. The van der Waals surface area contributed by atoms with Gasteiger partial charge in [0, 0.05) is 23.8 Å². The van der Waals surface area contributed by atoms with Gasteiger partial charge in [0.2, 0.25) is 0 Å². The third-order valence-corrected chi connectivity index (χ3v) is 4.64. The van der Waals surface area contributed by atoms with Gasteiger partial charge in [0.1, 0.15) is 0 Å². The van der Waals surface area contributed by atoms with Gasteiger partial charge < -0.3 is 15.7 Å². The topological polar surface area (TPSA) is 174 Å². The van der Waals surface area contributed by atoms with Crippen molar-refractivity contribution in [3.8, 4) is 5.75 Å². The van der Waals surface area contributed by atoms with Crippen molar-refractivity contribution in [2.45, 2.75) is 26.8 Å². The highest BCUT2D eigenvalue weighted by molar-refractivity contribution is 6.30. The first-order valence-electron chi connectivity index (χ1n) is 9.19. The van der Waals surface area contributed by atoms with Crippen LogP contribution in [0.4, 0.5) is 22.7 Å². The van der Waals surface area contributed by atoms with E-state index in [1.807, 2.05) is 32.3 Å². The number of benzene rings is 2. The van der Waals surface area contributed by atoms with Crippen molar-refractivity contribution in [1.29, 1.82) is 0 Å². The highest BCUT2D eigenvalue weighted by atomic mass is 35.5. The molecule has 0 spiro atoms. The molecule has 0 aliphatic heterocycles. The maximum absolute atomic E-state index is 10.4. The number of nitrogens with zero attached hydrogens (tertiary/aromatic N) is 3. The van der Waals surface area contributed by atoms with E-state index in [4.69, 9.17) is 16.7 Å². The molecular formula is C19H24ClN5O7. The SMILES string of the molecule is CNc1ccc(Cl)cc1[C@@H](NC)C(C)(C)C.O=[N+]([O-])c1cc([N+](=O)[O-])c(O)c([N+](=O)[O-])c1. The van der Waals surface area contributed by atoms with E-state index in [2.05, 4.69) is 31.4 Å². The minimum Gasteiger partial charge on any atom is -0.497 e. The maximum Gasteiger partial charge on any atom is 0.324 e. The zero-order valence-electron chi connectivity index (χ0n) is 18.1. The second-order valence-corrected chi connectivity index (χ2v) is 8.11. The molecule has 174 valence electrons. The lowest BCUT2D eigenvalue weighted by atomic mass is 9.82. The van der Waals surface area contributed by atoms with Crippen LogP contribution in [0.15, 0.2) is 30.3 Å². The summed E-state index contributed by atoms with van der Waals surface area (Å²) in [6.07, 6.45) is 0. The standard InChI is InChI=1S/C13H21ClN2.C6H3N3O7/c1-13(2,3)12(16-5)10-8-9(14)6-7-11(10)15-4;10-6-4(8(13)14)1-3(7(11)12)2-5(6)9(15)16/h6-8,12,15-16H,1-5H3;1-2,10H/t12-;/m1./s1. The van der Waals surface area contributed by atoms with Crippen LogP contribution in [-0.2, 0) is 0 Å². The van der Waals surface area contributed by atoms with Gasteiger partial charge in [-0.3, -0.25) is 30.3 Å². The highest BCUT2D eigenvalue weighted by Gasteiger charge is 2.30. The molecule has 0 saturated heterocycles. The van der Waals surface area contributed by atoms with Crippen LogP contribution in [0.2, 0.25) is 5.02 Å². The summed E-state index contributed by atoms with van der Waals surface area (Å²) in [5.41, 5.74) is -0.521. The van der Waals surface area contributed by atoms with Crippen LogP contribution in [0.5, 0.6) is 5.75 Å². The summed E-state index contributed by atoms with van der Waals surface area (Å²) in [6.45, 7) is 6.65. The zero-order valence-corrected chi connectivity index (χ0v) is 18.8. The molecule has 0 aromatic heterocycles. The van der Waals surface area contributed by atoms with Crippen LogP contribution in [0.3, 0.4) is 0 Å². The molecule has 2 aromatic rings. The van der Waals surface area contributed by atoms with Crippen LogP contribution in [0.25, 0.3) is 0 Å². The number of aromatic hydroxyl groups is 1. The first kappa shape index (κ1) is 26.5. The molecule has 13 heteroatoms. The molecule has 2 rings (SSSR count). The Morgan fingerprint density at radius 2 is 1.44 bits per heavy atom. The highest BCUT2D eigenvalue weighted by Crippen LogP contribution is 2.39. The molecule has 32 heavy (non-hydrogen) atoms. The molecule has 1 atom stereocenters. The number of nitro benzene ring substituents is 3. The fourth-order valence-electron chi connectivity index (χ4n) is 3.03. The quantitative estimate of drug-likeness (QED) is 0.396. The van der Waals surface area contributed by atoms with Gasteiger partial charge in [0.05, 0.1) is 26.9 Å². The lowest BCUT2D eigenvalue weighted by Crippen LogP contribution is -2.30. The summed E-state index contributed by atoms with van der Waals surface area (Å²) in [5.74, 6) is -1.21. The number of hydrogen-bond donors (Lipinski definition) is 3. The van der Waals surface area contributed by atoms with E-state index in [0.29, 0.717) is 12.1 Å². The van der Waals surface area contributed by atoms with Gasteiger partial charge in [-0.2, -0.15) is 0 Å². The molecule has 0 unspecified atom stereocenters. The van der Waals surface area contributed by atoms with Crippen molar-refractivity contribution < 1.29 is 19.9 Å². The van der Waals surface area contributed by atoms with E-state index in [-0.39, 0.29) is 11.5 Å². The normalized spacial score (nSPS) is 11.7. The number of halogens is 1. The molecule has 12 nitrogen and oxygen atoms in total. The van der Waals surface area contributed by atoms with Gasteiger partial charge in [-0.05, 0) is 36.2 Å². The number of anilines is 1. The molecule has 2 aromatic carbocycles. The van der Waals surface area contributed by atoms with Crippen LogP contribution >= 0.6 is 11.6 Å². The number of rotatable bonds is 6. The average molecular weight is 470 g/mol. The molecule has 0 radical (unpaired) electrons. The fraction of sp³-hybridized carbons (Fsp3) is 0.368. The minimum atomic E-state index is -1.21. The molecule has 0 heterocycles. The van der Waals surface area contributed by atoms with Gasteiger partial charge in [-0.1, -0.05) is 32.4 Å². The monoisotopic (exact) mass is 469 g/mol. The minimum absolute atomic E-state index is 0.144. The van der Waals surface area contributed by atoms with Crippen molar-refractivity contribution in [3.05, 3.63) is 71.3 Å². The summed E-state index contributed by atoms with van der Waals surface area (Å²) in [6, 6.07) is 7.12. The lowest BCUT2D eigenvalue weighted by molar-refractivity contribution is -0.404. The predicted molar refractivity (Wildman–Crippen MR) is 120 cm³/mol. The van der Waals surface area contributed by atoms with Gasteiger partial charge in [-0.15, -0.1) is 0 Å². The Bertz CT molecular complexity index is 989. The summed E-state index contributed by atoms with van der Waals surface area (Å²) >= 11 is 6.07. The number of nitro groups is 3. The van der Waals surface area contributed by atoms with E-state index >= 15 is 0 Å². The van der Waals surface area contributed by atoms with E-state index < -0.39 is 37.6 Å². The summed E-state index contributed by atoms with van der Waals surface area (Å²) < 4.78 is 0. The Kier molecular flexibility index (Phi) is 8.86. The smallest absolute Gasteiger partial charge is 0.324 e. The Balaban J connectivity index is 0.000000320. The lowest BCUT2D eigenvalue weighted by Gasteiger charge is -2.32. The Hall–Kier alpha value is -3.51. The largest absolute Gasteiger partial charge is 0.497 e. The first-order chi connectivity index (χ1) is 14.7. The summed E-state index contributed by atoms with van der Waals surface area (Å²) in [4.78, 5) is 27.8. The van der Waals surface area contributed by atoms with Crippen LogP contribution < -0.4 is 10.6 Å². The molecule has 0 bridgehead atoms. The molecule has 0 amide bonds. The number of phenols is 1. The Labute approximate surface area is 188 Å². The average Bonchev–Trinajstić information content (AvgIpc) is 2.67. The molecule has 0 fully saturated rings. The van der Waals surface area contributed by atoms with Gasteiger partial charge in [0.25, 0.3) is 11.4 Å². The molecule has 3 N–H and O–H groups in total. The van der Waals surface area contributed by atoms with Crippen molar-refractivity contribution in [2.24, 2.45) is 5.41 Å². The number of hydrogen-bond acceptors (Lipinski definition) is 9. The van der Waals surface area contributed by atoms with E-state index in [1.165, 1.54) is 5.56 Å². The Morgan fingerprint density at radius 3 is 1.78 bits per heavy atom. The second-order valence-electron chi connectivity index (χ2n) is 7.67. The zero-order chi connectivity index (χ0) is 24.8. The van der Waals surface area contributed by atoms with Crippen LogP contribution in [0, 0.1) is 35.8 Å². The summed E-state index contributed by atoms with van der Waals surface area (Å²) in [5, 5.41) is 47.6. The third-order valence-electron chi connectivity index (χ3n) is 4.41. The molecule has 0 aliphatic carbocycles. The predicted octanol–water partition coefficient (Wildman–Crippen LogP) is 4.81. The van der Waals surface area contributed by atoms with Crippen LogP contribution in [-0.4, -0.2) is 34.0 Å². The van der Waals surface area contributed by atoms with Crippen molar-refractivity contribution in [2.75, 3.05) is 19.4 Å². The van der Waals surface area contributed by atoms with Gasteiger partial charge in [0.15, 0.2) is 0 Å². The maximum atomic E-state index is 10.4. The Morgan fingerprint density at radius 1 is 0.938 bits per heavy atom. The first-order valence-corrected chi connectivity index (χ1v) is 9.57. The third kappa shape index (κ3) is 6.49. The molecule has 0 saturated carbocycles. The summed E-state index contributed by atoms with van der Waals surface area (Å²) in [7, 11) is 3.92. The van der Waals surface area contributed by atoms with Crippen molar-refractivity contribution in [3.63, 3.8) is 0 Å². The molecular weight excluding hydrogens is 446 g/mol. The van der Waals surface area contributed by atoms with Gasteiger partial charge in [-0.25, -0.2) is 0 Å². The van der Waals surface area contributed by atoms with E-state index in [9.17, 15) is 30.3 Å². The van der Waals surface area contributed by atoms with Gasteiger partial charge >= 0.3 is 11.4 Å². The van der Waals surface area contributed by atoms with Crippen LogP contribution in [0.1, 0.15) is 32.4 Å². The number of nitrogens with one attached hydrogen (secondary N) is 2.